The molecule has 1 spiro atoms. The number of hydrogen-bond donors (Lipinski definition) is 0. The molecule has 3 aliphatic heterocycles. The maximum Gasteiger partial charge on any atom is 0.254 e. The van der Waals surface area contributed by atoms with E-state index in [1.165, 1.54) is 0 Å². The Morgan fingerprint density at radius 2 is 1.53 bits per heavy atom. The van der Waals surface area contributed by atoms with E-state index in [-0.39, 0.29) is 24.3 Å². The largest absolute Gasteiger partial charge is 0.497 e. The molecule has 0 aromatic heterocycles. The van der Waals surface area contributed by atoms with Crippen molar-refractivity contribution >= 4 is 23.4 Å². The summed E-state index contributed by atoms with van der Waals surface area (Å²) in [5.74, 6) is 0.837. The van der Waals surface area contributed by atoms with Gasteiger partial charge in [-0.25, -0.2) is 0 Å². The molecule has 10 nitrogen and oxygen atoms in total. The van der Waals surface area contributed by atoms with Crippen molar-refractivity contribution < 1.29 is 28.6 Å². The molecular weight excluding hydrogens is 488 g/mol. The number of piperidine rings is 1. The summed E-state index contributed by atoms with van der Waals surface area (Å²) in [6.07, 6.45) is 0.936. The summed E-state index contributed by atoms with van der Waals surface area (Å²) in [6.45, 7) is 3.32. The Balaban J connectivity index is 1.35. The number of carbonyl (C=O) groups is 3. The lowest BCUT2D eigenvalue weighted by Crippen LogP contribution is -2.57. The summed E-state index contributed by atoms with van der Waals surface area (Å²) >= 11 is 0. The zero-order valence-electron chi connectivity index (χ0n) is 21.9. The third-order valence-corrected chi connectivity index (χ3v) is 7.75. The number of rotatable bonds is 6. The maximum absolute atomic E-state index is 14.0. The van der Waals surface area contributed by atoms with Crippen molar-refractivity contribution in [2.24, 2.45) is 0 Å². The zero-order chi connectivity index (χ0) is 26.7. The Bertz CT molecular complexity index is 1150. The van der Waals surface area contributed by atoms with Gasteiger partial charge in [-0.05, 0) is 37.1 Å². The van der Waals surface area contributed by atoms with Crippen molar-refractivity contribution in [1.29, 1.82) is 0 Å². The molecule has 10 heteroatoms. The maximum atomic E-state index is 14.0. The van der Waals surface area contributed by atoms with E-state index in [4.69, 9.17) is 14.2 Å². The van der Waals surface area contributed by atoms with Crippen molar-refractivity contribution in [2.45, 2.75) is 18.4 Å². The molecule has 0 saturated carbocycles. The van der Waals surface area contributed by atoms with Gasteiger partial charge < -0.3 is 33.8 Å². The Labute approximate surface area is 222 Å². The lowest BCUT2D eigenvalue weighted by Gasteiger charge is -2.43. The number of para-hydroxylation sites is 1. The molecule has 0 N–H and O–H groups in total. The fourth-order valence-electron chi connectivity index (χ4n) is 5.59. The van der Waals surface area contributed by atoms with Crippen molar-refractivity contribution in [3.8, 4) is 11.5 Å². The van der Waals surface area contributed by atoms with Crippen LogP contribution in [0.5, 0.6) is 11.5 Å². The molecule has 38 heavy (non-hydrogen) atoms. The van der Waals surface area contributed by atoms with Crippen molar-refractivity contribution in [3.63, 3.8) is 0 Å². The van der Waals surface area contributed by atoms with Gasteiger partial charge in [-0.3, -0.25) is 14.4 Å². The van der Waals surface area contributed by atoms with Gasteiger partial charge in [-0.1, -0.05) is 18.2 Å². The summed E-state index contributed by atoms with van der Waals surface area (Å²) in [4.78, 5) is 47.7. The zero-order valence-corrected chi connectivity index (χ0v) is 21.9. The lowest BCUT2D eigenvalue weighted by atomic mass is 9.85. The Kier molecular flexibility index (Phi) is 7.42. The van der Waals surface area contributed by atoms with Crippen LogP contribution >= 0.6 is 0 Å². The average Bonchev–Trinajstić information content (AvgIpc) is 3.23. The number of carbonyl (C=O) groups excluding carboxylic acids is 3. The van der Waals surface area contributed by atoms with Crippen LogP contribution in [0.15, 0.2) is 48.5 Å². The Hall–Kier alpha value is -3.79. The van der Waals surface area contributed by atoms with Gasteiger partial charge in [-0.2, -0.15) is 0 Å². The fourth-order valence-corrected chi connectivity index (χ4v) is 5.59. The molecule has 3 amide bonds. The van der Waals surface area contributed by atoms with Crippen molar-refractivity contribution in [1.82, 2.24) is 14.7 Å². The van der Waals surface area contributed by atoms with E-state index >= 15 is 0 Å². The summed E-state index contributed by atoms with van der Waals surface area (Å²) in [6, 6.07) is 14.9. The molecule has 2 aromatic carbocycles. The molecule has 202 valence electrons. The van der Waals surface area contributed by atoms with E-state index in [2.05, 4.69) is 4.90 Å². The predicted molar refractivity (Wildman–Crippen MR) is 140 cm³/mol. The first kappa shape index (κ1) is 25.8. The first-order valence-electron chi connectivity index (χ1n) is 12.9. The van der Waals surface area contributed by atoms with E-state index in [1.807, 2.05) is 30.3 Å². The van der Waals surface area contributed by atoms with Gasteiger partial charge in [0.2, 0.25) is 5.91 Å². The number of likely N-dealkylation sites (tertiary alicyclic amines) is 1. The first-order valence-corrected chi connectivity index (χ1v) is 12.9. The number of hydrogen-bond acceptors (Lipinski definition) is 7. The summed E-state index contributed by atoms with van der Waals surface area (Å²) in [5, 5.41) is 0. The van der Waals surface area contributed by atoms with E-state index in [1.54, 1.807) is 47.1 Å². The monoisotopic (exact) mass is 522 g/mol. The van der Waals surface area contributed by atoms with Crippen LogP contribution in [0.1, 0.15) is 23.2 Å². The van der Waals surface area contributed by atoms with E-state index in [9.17, 15) is 14.4 Å². The second-order valence-corrected chi connectivity index (χ2v) is 9.83. The number of morpholine rings is 1. The van der Waals surface area contributed by atoms with Crippen LogP contribution in [0.2, 0.25) is 0 Å². The smallest absolute Gasteiger partial charge is 0.254 e. The minimum absolute atomic E-state index is 0.0379. The van der Waals surface area contributed by atoms with Gasteiger partial charge in [0.05, 0.1) is 34.1 Å². The van der Waals surface area contributed by atoms with Crippen LogP contribution in [-0.4, -0.2) is 105 Å². The normalized spacial score (nSPS) is 19.2. The highest BCUT2D eigenvalue weighted by atomic mass is 16.5. The third-order valence-electron chi connectivity index (χ3n) is 7.75. The SMILES string of the molecule is COc1cc(OC)cc(C(=O)N2CCC3(CC2)C(=O)N(CC(=O)N2CCOCC2)CN3c2ccccc2)c1. The molecule has 0 unspecified atom stereocenters. The van der Waals surface area contributed by atoms with Crippen LogP contribution in [0, 0.1) is 0 Å². The van der Waals surface area contributed by atoms with Crippen molar-refractivity contribution in [3.05, 3.63) is 54.1 Å². The van der Waals surface area contributed by atoms with Gasteiger partial charge in [0, 0.05) is 43.5 Å². The van der Waals surface area contributed by atoms with E-state index in [0.29, 0.717) is 76.0 Å². The van der Waals surface area contributed by atoms with Crippen molar-refractivity contribution in [2.75, 3.05) is 71.7 Å². The fraction of sp³-hybridized carbons (Fsp3) is 0.464. The second-order valence-electron chi connectivity index (χ2n) is 9.83. The van der Waals surface area contributed by atoms with E-state index in [0.717, 1.165) is 5.69 Å². The highest BCUT2D eigenvalue weighted by Gasteiger charge is 2.54. The molecule has 3 saturated heterocycles. The van der Waals surface area contributed by atoms with Crippen LogP contribution in [0.25, 0.3) is 0 Å². The highest BCUT2D eigenvalue weighted by molar-refractivity contribution is 5.98. The number of anilines is 1. The summed E-state index contributed by atoms with van der Waals surface area (Å²) in [7, 11) is 3.10. The number of ether oxygens (including phenoxy) is 3. The molecule has 3 fully saturated rings. The van der Waals surface area contributed by atoms with Gasteiger partial charge >= 0.3 is 0 Å². The molecule has 0 bridgehead atoms. The van der Waals surface area contributed by atoms with E-state index < -0.39 is 5.54 Å². The van der Waals surface area contributed by atoms with Crippen LogP contribution in [-0.2, 0) is 14.3 Å². The van der Waals surface area contributed by atoms with Gasteiger partial charge in [0.25, 0.3) is 11.8 Å². The van der Waals surface area contributed by atoms with Crippen LogP contribution in [0.4, 0.5) is 5.69 Å². The number of nitrogens with zero attached hydrogens (tertiary/aromatic N) is 4. The Morgan fingerprint density at radius 1 is 0.895 bits per heavy atom. The quantitative estimate of drug-likeness (QED) is 0.572. The predicted octanol–water partition coefficient (Wildman–Crippen LogP) is 1.84. The standard InChI is InChI=1S/C28H34N4O6/c1-36-23-16-21(17-24(18-23)37-2)26(34)30-10-8-28(9-11-30)27(35)31(19-25(33)29-12-14-38-15-13-29)20-32(28)22-6-4-3-5-7-22/h3-7,16-18H,8-15,19-20H2,1-2H3. The molecule has 3 aliphatic rings. The molecule has 2 aromatic rings. The van der Waals surface area contributed by atoms with Gasteiger partial charge in [-0.15, -0.1) is 0 Å². The van der Waals surface area contributed by atoms with Gasteiger partial charge in [0.1, 0.15) is 23.6 Å². The topological polar surface area (TPSA) is 91.9 Å². The molecule has 0 aliphatic carbocycles. The van der Waals surface area contributed by atoms with Crippen LogP contribution in [0.3, 0.4) is 0 Å². The number of amides is 3. The molecule has 0 atom stereocenters. The minimum Gasteiger partial charge on any atom is -0.497 e. The summed E-state index contributed by atoms with van der Waals surface area (Å²) < 4.78 is 16.0. The molecule has 3 heterocycles. The lowest BCUT2D eigenvalue weighted by molar-refractivity contribution is -0.143. The molecule has 0 radical (unpaired) electrons. The highest BCUT2D eigenvalue weighted by Crippen LogP contribution is 2.40. The second kappa shape index (κ2) is 10.9. The average molecular weight is 523 g/mol. The minimum atomic E-state index is -0.810. The third kappa shape index (κ3) is 4.88. The molecule has 5 rings (SSSR count). The number of methoxy groups -OCH3 is 2. The summed E-state index contributed by atoms with van der Waals surface area (Å²) in [5.41, 5.74) is 0.599. The van der Waals surface area contributed by atoms with Crippen LogP contribution < -0.4 is 14.4 Å². The first-order chi connectivity index (χ1) is 18.4. The van der Waals surface area contributed by atoms with Gasteiger partial charge in [0.15, 0.2) is 0 Å². The molecular formula is C28H34N4O6. The Morgan fingerprint density at radius 3 is 2.13 bits per heavy atom. The number of benzene rings is 2.